The van der Waals surface area contributed by atoms with Crippen LogP contribution in [0, 0.1) is 12.3 Å². The summed E-state index contributed by atoms with van der Waals surface area (Å²) in [5.74, 6) is 2.27. The summed E-state index contributed by atoms with van der Waals surface area (Å²) in [6.45, 7) is 1.82. The second-order valence-electron chi connectivity index (χ2n) is 2.87. The third-order valence-electron chi connectivity index (χ3n) is 1.78. The van der Waals surface area contributed by atoms with Crippen LogP contribution in [0.15, 0.2) is 35.9 Å². The van der Waals surface area contributed by atoms with Crippen LogP contribution in [0.25, 0.3) is 6.08 Å². The fourth-order valence-electron chi connectivity index (χ4n) is 1.02. The SMILES string of the molecule is C#CC(O)C(C)=Cc1ccccc1. The second-order valence-corrected chi connectivity index (χ2v) is 2.87. The Morgan fingerprint density at radius 3 is 2.62 bits per heavy atom. The van der Waals surface area contributed by atoms with E-state index in [-0.39, 0.29) is 0 Å². The summed E-state index contributed by atoms with van der Waals surface area (Å²) in [5, 5.41) is 9.28. The smallest absolute Gasteiger partial charge is 0.136 e. The molecular weight excluding hydrogens is 160 g/mol. The van der Waals surface area contributed by atoms with Crippen molar-refractivity contribution >= 4 is 6.08 Å². The van der Waals surface area contributed by atoms with E-state index in [1.807, 2.05) is 43.3 Å². The fourth-order valence-corrected chi connectivity index (χ4v) is 1.02. The minimum absolute atomic E-state index is 0.778. The van der Waals surface area contributed by atoms with E-state index in [1.54, 1.807) is 0 Å². The lowest BCUT2D eigenvalue weighted by Crippen LogP contribution is -2.03. The zero-order valence-corrected chi connectivity index (χ0v) is 7.57. The molecular formula is C12H12O. The van der Waals surface area contributed by atoms with Gasteiger partial charge < -0.3 is 5.11 Å². The molecule has 0 saturated heterocycles. The molecule has 1 N–H and O–H groups in total. The maximum atomic E-state index is 9.28. The van der Waals surface area contributed by atoms with Crippen molar-refractivity contribution in [3.05, 3.63) is 41.5 Å². The summed E-state index contributed by atoms with van der Waals surface area (Å²) >= 11 is 0. The van der Waals surface area contributed by atoms with Crippen LogP contribution in [-0.4, -0.2) is 11.2 Å². The topological polar surface area (TPSA) is 20.2 Å². The van der Waals surface area contributed by atoms with Crippen molar-refractivity contribution in [1.82, 2.24) is 0 Å². The number of aliphatic hydroxyl groups is 1. The minimum Gasteiger partial charge on any atom is -0.376 e. The van der Waals surface area contributed by atoms with Gasteiger partial charge >= 0.3 is 0 Å². The summed E-state index contributed by atoms with van der Waals surface area (Å²) < 4.78 is 0. The highest BCUT2D eigenvalue weighted by atomic mass is 16.3. The van der Waals surface area contributed by atoms with Crippen molar-refractivity contribution < 1.29 is 5.11 Å². The van der Waals surface area contributed by atoms with Crippen LogP contribution in [0.5, 0.6) is 0 Å². The molecule has 0 heterocycles. The van der Waals surface area contributed by atoms with Crippen molar-refractivity contribution in [2.24, 2.45) is 0 Å². The van der Waals surface area contributed by atoms with Crippen LogP contribution < -0.4 is 0 Å². The van der Waals surface area contributed by atoms with E-state index in [9.17, 15) is 5.11 Å². The molecule has 0 fully saturated rings. The van der Waals surface area contributed by atoms with E-state index >= 15 is 0 Å². The Bertz CT molecular complexity index is 330. The van der Waals surface area contributed by atoms with Gasteiger partial charge in [0, 0.05) is 0 Å². The number of hydrogen-bond donors (Lipinski definition) is 1. The summed E-state index contributed by atoms with van der Waals surface area (Å²) in [7, 11) is 0. The zero-order valence-electron chi connectivity index (χ0n) is 7.57. The van der Waals surface area contributed by atoms with Crippen molar-refractivity contribution in [3.63, 3.8) is 0 Å². The van der Waals surface area contributed by atoms with Gasteiger partial charge in [0.25, 0.3) is 0 Å². The third kappa shape index (κ3) is 2.77. The molecule has 1 aromatic rings. The van der Waals surface area contributed by atoms with Gasteiger partial charge in [-0.05, 0) is 18.1 Å². The third-order valence-corrected chi connectivity index (χ3v) is 1.78. The van der Waals surface area contributed by atoms with Crippen molar-refractivity contribution in [1.29, 1.82) is 0 Å². The Morgan fingerprint density at radius 1 is 1.46 bits per heavy atom. The second kappa shape index (κ2) is 4.49. The molecule has 0 aliphatic rings. The Morgan fingerprint density at radius 2 is 2.08 bits per heavy atom. The molecule has 0 radical (unpaired) electrons. The molecule has 1 aromatic carbocycles. The molecule has 0 bridgehead atoms. The lowest BCUT2D eigenvalue weighted by Gasteiger charge is -2.02. The van der Waals surface area contributed by atoms with Crippen LogP contribution >= 0.6 is 0 Å². The first-order chi connectivity index (χ1) is 6.24. The minimum atomic E-state index is -0.778. The van der Waals surface area contributed by atoms with Crippen LogP contribution in [0.4, 0.5) is 0 Å². The number of benzene rings is 1. The van der Waals surface area contributed by atoms with Gasteiger partial charge in [-0.2, -0.15) is 0 Å². The first-order valence-corrected chi connectivity index (χ1v) is 4.11. The number of aliphatic hydroxyl groups excluding tert-OH is 1. The Hall–Kier alpha value is -1.52. The lowest BCUT2D eigenvalue weighted by molar-refractivity contribution is 0.269. The van der Waals surface area contributed by atoms with Crippen LogP contribution in [-0.2, 0) is 0 Å². The average molecular weight is 172 g/mol. The monoisotopic (exact) mass is 172 g/mol. The predicted octanol–water partition coefficient (Wildman–Crippen LogP) is 2.08. The van der Waals surface area contributed by atoms with Gasteiger partial charge in [0.1, 0.15) is 6.10 Å². The van der Waals surface area contributed by atoms with Crippen LogP contribution in [0.1, 0.15) is 12.5 Å². The summed E-state index contributed by atoms with van der Waals surface area (Å²) in [4.78, 5) is 0. The van der Waals surface area contributed by atoms with Crippen molar-refractivity contribution in [2.75, 3.05) is 0 Å². The van der Waals surface area contributed by atoms with E-state index in [2.05, 4.69) is 5.92 Å². The van der Waals surface area contributed by atoms with Gasteiger partial charge in [0.05, 0.1) is 0 Å². The van der Waals surface area contributed by atoms with Crippen LogP contribution in [0.3, 0.4) is 0 Å². The number of terminal acetylenes is 1. The zero-order chi connectivity index (χ0) is 9.68. The molecule has 0 amide bonds. The van der Waals surface area contributed by atoms with E-state index in [1.165, 1.54) is 0 Å². The molecule has 0 aliphatic heterocycles. The van der Waals surface area contributed by atoms with Gasteiger partial charge in [0.2, 0.25) is 0 Å². The summed E-state index contributed by atoms with van der Waals surface area (Å²) in [6.07, 6.45) is 6.19. The molecule has 0 aliphatic carbocycles. The molecule has 1 nitrogen and oxygen atoms in total. The Balaban J connectivity index is 2.84. The first kappa shape index (κ1) is 9.57. The summed E-state index contributed by atoms with van der Waals surface area (Å²) in [6, 6.07) is 9.77. The highest BCUT2D eigenvalue weighted by Crippen LogP contribution is 2.08. The summed E-state index contributed by atoms with van der Waals surface area (Å²) in [5.41, 5.74) is 1.84. The molecule has 1 heteroatoms. The average Bonchev–Trinajstić information content (AvgIpc) is 2.18. The van der Waals surface area contributed by atoms with Gasteiger partial charge in [-0.1, -0.05) is 42.3 Å². The van der Waals surface area contributed by atoms with E-state index in [0.717, 1.165) is 11.1 Å². The quantitative estimate of drug-likeness (QED) is 0.677. The Labute approximate surface area is 78.7 Å². The number of hydrogen-bond acceptors (Lipinski definition) is 1. The molecule has 0 aromatic heterocycles. The first-order valence-electron chi connectivity index (χ1n) is 4.11. The molecule has 1 atom stereocenters. The molecule has 1 rings (SSSR count). The molecule has 0 saturated carbocycles. The van der Waals surface area contributed by atoms with E-state index in [4.69, 9.17) is 6.42 Å². The van der Waals surface area contributed by atoms with E-state index < -0.39 is 6.10 Å². The lowest BCUT2D eigenvalue weighted by atomic mass is 10.1. The molecule has 1 unspecified atom stereocenters. The van der Waals surface area contributed by atoms with E-state index in [0.29, 0.717) is 0 Å². The number of rotatable bonds is 2. The van der Waals surface area contributed by atoms with Gasteiger partial charge in [0.15, 0.2) is 0 Å². The highest BCUT2D eigenvalue weighted by Gasteiger charge is 1.99. The normalized spacial score (nSPS) is 13.5. The van der Waals surface area contributed by atoms with Gasteiger partial charge in [-0.25, -0.2) is 0 Å². The predicted molar refractivity (Wildman–Crippen MR) is 54.9 cm³/mol. The van der Waals surface area contributed by atoms with Crippen LogP contribution in [0.2, 0.25) is 0 Å². The van der Waals surface area contributed by atoms with Gasteiger partial charge in [-0.3, -0.25) is 0 Å². The Kier molecular flexibility index (Phi) is 3.31. The highest BCUT2D eigenvalue weighted by molar-refractivity contribution is 5.53. The molecule has 0 spiro atoms. The molecule has 66 valence electrons. The van der Waals surface area contributed by atoms with Crippen molar-refractivity contribution in [2.45, 2.75) is 13.0 Å². The van der Waals surface area contributed by atoms with Crippen molar-refractivity contribution in [3.8, 4) is 12.3 Å². The largest absolute Gasteiger partial charge is 0.376 e. The standard InChI is InChI=1S/C12H12O/c1-3-12(13)10(2)9-11-7-5-4-6-8-11/h1,4-9,12-13H,2H3. The maximum Gasteiger partial charge on any atom is 0.136 e. The maximum absolute atomic E-state index is 9.28. The van der Waals surface area contributed by atoms with Gasteiger partial charge in [-0.15, -0.1) is 6.42 Å². The fraction of sp³-hybridized carbons (Fsp3) is 0.167. The molecule has 13 heavy (non-hydrogen) atoms.